The van der Waals surface area contributed by atoms with Crippen molar-refractivity contribution in [2.75, 3.05) is 6.58 Å². The third-order valence-electron chi connectivity index (χ3n) is 1.97. The molecule has 0 amide bonds. The third kappa shape index (κ3) is 3.08. The molecule has 0 fully saturated rings. The van der Waals surface area contributed by atoms with Crippen LogP contribution in [0.15, 0.2) is 24.3 Å². The highest BCUT2D eigenvalue weighted by molar-refractivity contribution is 6.02. The Kier molecular flexibility index (Phi) is 3.94. The van der Waals surface area contributed by atoms with Gasteiger partial charge in [0.05, 0.1) is 19.1 Å². The molecule has 0 aromatic heterocycles. The fraction of sp³-hybridized carbons (Fsp3) is 0.333. The molecule has 0 aliphatic heterocycles. The number of hydrogen-bond donors (Lipinski definition) is 1. The number of esters is 1. The average Bonchev–Trinajstić information content (AvgIpc) is 2.29. The largest absolute Gasteiger partial charge is 0.478 e. The van der Waals surface area contributed by atoms with Gasteiger partial charge in [-0.15, -0.1) is 0 Å². The Bertz CT molecular complexity index is 417. The van der Waals surface area contributed by atoms with Crippen LogP contribution in [0.1, 0.15) is 41.9 Å². The Balaban J connectivity index is 2.85. The maximum atomic E-state index is 11.6. The second kappa shape index (κ2) is 5.90. The standard InChI is InChI=1S/C12H14O4/c1-2-3-8-16-12(15)10-7-5-4-6-9(10)11(13)14/h4-7H,2-3,8H2,1H3,(H,13,14)/i8D/t8-/m1/s1. The fourth-order valence-corrected chi connectivity index (χ4v) is 1.16. The molecular formula is C12H14O4. The maximum Gasteiger partial charge on any atom is 0.339 e. The molecule has 0 aliphatic rings. The second-order valence-corrected chi connectivity index (χ2v) is 3.21. The maximum absolute atomic E-state index is 11.6. The first-order valence-electron chi connectivity index (χ1n) is 5.59. The lowest BCUT2D eigenvalue weighted by Gasteiger charge is -2.06. The van der Waals surface area contributed by atoms with Crippen LogP contribution in [0, 0.1) is 0 Å². The Hall–Kier alpha value is -1.84. The minimum Gasteiger partial charge on any atom is -0.478 e. The zero-order chi connectivity index (χ0) is 12.8. The number of carbonyl (C=O) groups excluding carboxylic acids is 1. The lowest BCUT2D eigenvalue weighted by Crippen LogP contribution is -2.12. The van der Waals surface area contributed by atoms with Gasteiger partial charge in [-0.3, -0.25) is 0 Å². The van der Waals surface area contributed by atoms with Gasteiger partial charge in [-0.05, 0) is 18.6 Å². The normalized spacial score (nSPS) is 12.7. The van der Waals surface area contributed by atoms with E-state index in [1.54, 1.807) is 6.07 Å². The molecule has 4 nitrogen and oxygen atoms in total. The zero-order valence-electron chi connectivity index (χ0n) is 9.97. The van der Waals surface area contributed by atoms with Gasteiger partial charge in [-0.25, -0.2) is 9.59 Å². The van der Waals surface area contributed by atoms with Crippen molar-refractivity contribution in [2.24, 2.45) is 0 Å². The van der Waals surface area contributed by atoms with Gasteiger partial charge in [0.2, 0.25) is 0 Å². The van der Waals surface area contributed by atoms with E-state index >= 15 is 0 Å². The van der Waals surface area contributed by atoms with Gasteiger partial charge in [0.15, 0.2) is 0 Å². The molecule has 0 bridgehead atoms. The Morgan fingerprint density at radius 2 is 2.00 bits per heavy atom. The van der Waals surface area contributed by atoms with Crippen molar-refractivity contribution < 1.29 is 20.8 Å². The van der Waals surface area contributed by atoms with Crippen molar-refractivity contribution in [1.29, 1.82) is 0 Å². The monoisotopic (exact) mass is 223 g/mol. The summed E-state index contributed by atoms with van der Waals surface area (Å²) in [5.74, 6) is -1.95. The van der Waals surface area contributed by atoms with Gasteiger partial charge in [-0.1, -0.05) is 25.5 Å². The molecular weight excluding hydrogens is 208 g/mol. The van der Waals surface area contributed by atoms with Crippen LogP contribution >= 0.6 is 0 Å². The van der Waals surface area contributed by atoms with E-state index in [4.69, 9.17) is 11.2 Å². The summed E-state index contributed by atoms with van der Waals surface area (Å²) in [6, 6.07) is 5.80. The lowest BCUT2D eigenvalue weighted by atomic mass is 10.1. The molecule has 0 saturated heterocycles. The van der Waals surface area contributed by atoms with E-state index in [0.717, 1.165) is 6.42 Å². The van der Waals surface area contributed by atoms with Crippen LogP contribution in [0.5, 0.6) is 0 Å². The van der Waals surface area contributed by atoms with Gasteiger partial charge in [0, 0.05) is 0 Å². The van der Waals surface area contributed by atoms with Crippen molar-refractivity contribution in [1.82, 2.24) is 0 Å². The smallest absolute Gasteiger partial charge is 0.339 e. The summed E-state index contributed by atoms with van der Waals surface area (Å²) in [7, 11) is 0. The molecule has 1 aromatic carbocycles. The number of aromatic carboxylic acids is 1. The van der Waals surface area contributed by atoms with Gasteiger partial charge in [0.25, 0.3) is 0 Å². The van der Waals surface area contributed by atoms with Crippen molar-refractivity contribution in [3.8, 4) is 0 Å². The number of hydrogen-bond acceptors (Lipinski definition) is 3. The predicted molar refractivity (Wildman–Crippen MR) is 58.6 cm³/mol. The molecule has 1 aromatic rings. The molecule has 1 atom stereocenters. The van der Waals surface area contributed by atoms with Crippen LogP contribution < -0.4 is 0 Å². The van der Waals surface area contributed by atoms with Crippen molar-refractivity contribution in [3.05, 3.63) is 35.4 Å². The topological polar surface area (TPSA) is 63.6 Å². The molecule has 0 aliphatic carbocycles. The highest BCUT2D eigenvalue weighted by atomic mass is 16.5. The number of rotatable bonds is 5. The molecule has 16 heavy (non-hydrogen) atoms. The summed E-state index contributed by atoms with van der Waals surface area (Å²) in [4.78, 5) is 22.5. The quantitative estimate of drug-likeness (QED) is 0.778. The van der Waals surface area contributed by atoms with Gasteiger partial charge in [-0.2, -0.15) is 0 Å². The molecule has 1 N–H and O–H groups in total. The van der Waals surface area contributed by atoms with Gasteiger partial charge >= 0.3 is 11.9 Å². The Labute approximate surface area is 95.3 Å². The number of benzene rings is 1. The number of carboxylic acids is 1. The van der Waals surface area contributed by atoms with E-state index in [2.05, 4.69) is 0 Å². The summed E-state index contributed by atoms with van der Waals surface area (Å²) in [5.41, 5.74) is -0.130. The number of ether oxygens (including phenoxy) is 1. The molecule has 0 unspecified atom stereocenters. The first-order valence-corrected chi connectivity index (χ1v) is 5.01. The van der Waals surface area contributed by atoms with Crippen molar-refractivity contribution in [3.63, 3.8) is 0 Å². The highest BCUT2D eigenvalue weighted by Gasteiger charge is 2.16. The molecule has 86 valence electrons. The van der Waals surface area contributed by atoms with Crippen molar-refractivity contribution >= 4 is 11.9 Å². The van der Waals surface area contributed by atoms with E-state index in [-0.39, 0.29) is 11.1 Å². The molecule has 0 spiro atoms. The van der Waals surface area contributed by atoms with Crippen LogP contribution in [0.3, 0.4) is 0 Å². The molecule has 1 rings (SSSR count). The first-order chi connectivity index (χ1) is 8.06. The Morgan fingerprint density at radius 3 is 2.56 bits per heavy atom. The van der Waals surface area contributed by atoms with Crippen LogP contribution in [0.4, 0.5) is 0 Å². The first kappa shape index (κ1) is 10.7. The molecule has 4 heteroatoms. The fourth-order valence-electron chi connectivity index (χ4n) is 1.16. The van der Waals surface area contributed by atoms with E-state index in [0.29, 0.717) is 6.42 Å². The second-order valence-electron chi connectivity index (χ2n) is 3.21. The number of carboxylic acid groups (broad SMARTS) is 1. The minimum absolute atomic E-state index is 0.0200. The summed E-state index contributed by atoms with van der Waals surface area (Å²) >= 11 is 0. The average molecular weight is 223 g/mol. The van der Waals surface area contributed by atoms with Gasteiger partial charge in [0.1, 0.15) is 0 Å². The van der Waals surface area contributed by atoms with Crippen LogP contribution in [-0.4, -0.2) is 23.6 Å². The molecule has 0 heterocycles. The van der Waals surface area contributed by atoms with Gasteiger partial charge < -0.3 is 9.84 Å². The lowest BCUT2D eigenvalue weighted by molar-refractivity contribution is 0.0489. The van der Waals surface area contributed by atoms with E-state index in [1.165, 1.54) is 18.2 Å². The highest BCUT2D eigenvalue weighted by Crippen LogP contribution is 2.10. The third-order valence-corrected chi connectivity index (χ3v) is 1.97. The van der Waals surface area contributed by atoms with E-state index in [9.17, 15) is 9.59 Å². The van der Waals surface area contributed by atoms with Crippen LogP contribution in [0.25, 0.3) is 0 Å². The minimum atomic E-state index is -1.19. The van der Waals surface area contributed by atoms with Crippen LogP contribution in [0.2, 0.25) is 0 Å². The van der Waals surface area contributed by atoms with E-state index in [1.807, 2.05) is 6.92 Å². The van der Waals surface area contributed by atoms with E-state index < -0.39 is 18.5 Å². The number of carbonyl (C=O) groups is 2. The SMILES string of the molecule is [2H][C@H](CCC)OC(=O)c1ccccc1C(=O)O. The predicted octanol–water partition coefficient (Wildman–Crippen LogP) is 2.34. The van der Waals surface area contributed by atoms with Crippen LogP contribution in [-0.2, 0) is 4.74 Å². The summed E-state index contributed by atoms with van der Waals surface area (Å²) in [5, 5.41) is 8.90. The summed E-state index contributed by atoms with van der Waals surface area (Å²) < 4.78 is 12.3. The van der Waals surface area contributed by atoms with Crippen molar-refractivity contribution in [2.45, 2.75) is 19.8 Å². The molecule has 0 radical (unpaired) electrons. The molecule has 0 saturated carbocycles. The Morgan fingerprint density at radius 1 is 1.38 bits per heavy atom. The summed E-state index contributed by atoms with van der Waals surface area (Å²) in [6.07, 6.45) is 1.16. The summed E-state index contributed by atoms with van der Waals surface area (Å²) in [6.45, 7) is 0.926. The zero-order valence-corrected chi connectivity index (χ0v) is 8.97.